The van der Waals surface area contributed by atoms with Gasteiger partial charge in [-0.15, -0.1) is 0 Å². The van der Waals surface area contributed by atoms with Crippen molar-refractivity contribution in [3.8, 4) is 0 Å². The molecule has 0 aliphatic heterocycles. The molecule has 0 aromatic heterocycles. The summed E-state index contributed by atoms with van der Waals surface area (Å²) < 4.78 is 0. The Morgan fingerprint density at radius 1 is 1.22 bits per heavy atom. The Balaban J connectivity index is 1.79. The van der Waals surface area contributed by atoms with E-state index < -0.39 is 5.97 Å². The number of aliphatic carboxylic acids is 1. The minimum Gasteiger partial charge on any atom is -0.481 e. The lowest BCUT2D eigenvalue weighted by molar-refractivity contribution is -0.138. The summed E-state index contributed by atoms with van der Waals surface area (Å²) in [7, 11) is 0. The average molecular weight is 268 g/mol. The molecule has 18 heavy (non-hydrogen) atoms. The molecule has 0 bridgehead atoms. The predicted octanol–water partition coefficient (Wildman–Crippen LogP) is 3.79. The van der Waals surface area contributed by atoms with Gasteiger partial charge in [0.25, 0.3) is 0 Å². The molecule has 0 unspecified atom stereocenters. The van der Waals surface area contributed by atoms with E-state index in [0.29, 0.717) is 18.4 Å². The lowest BCUT2D eigenvalue weighted by Crippen LogP contribution is -2.27. The van der Waals surface area contributed by atoms with Gasteiger partial charge in [-0.2, -0.15) is 0 Å². The van der Waals surface area contributed by atoms with Crippen LogP contribution < -0.4 is 5.32 Å². The van der Waals surface area contributed by atoms with Gasteiger partial charge in [-0.1, -0.05) is 11.6 Å². The minimum absolute atomic E-state index is 0.313. The maximum Gasteiger partial charge on any atom is 0.303 e. The van der Waals surface area contributed by atoms with Gasteiger partial charge >= 0.3 is 5.97 Å². The van der Waals surface area contributed by atoms with Gasteiger partial charge in [0.15, 0.2) is 0 Å². The molecular formula is C14H18ClNO2. The molecule has 0 atom stereocenters. The maximum atomic E-state index is 10.6. The fourth-order valence-corrected chi connectivity index (χ4v) is 2.67. The van der Waals surface area contributed by atoms with Gasteiger partial charge in [-0.3, -0.25) is 4.79 Å². The number of hydrogen-bond acceptors (Lipinski definition) is 2. The zero-order valence-corrected chi connectivity index (χ0v) is 11.0. The van der Waals surface area contributed by atoms with Crippen molar-refractivity contribution in [1.82, 2.24) is 0 Å². The number of carboxylic acid groups (broad SMARTS) is 1. The monoisotopic (exact) mass is 267 g/mol. The van der Waals surface area contributed by atoms with Crippen LogP contribution in [0.25, 0.3) is 0 Å². The highest BCUT2D eigenvalue weighted by molar-refractivity contribution is 6.30. The van der Waals surface area contributed by atoms with E-state index in [1.807, 2.05) is 24.3 Å². The van der Waals surface area contributed by atoms with Gasteiger partial charge in [-0.25, -0.2) is 0 Å². The van der Waals surface area contributed by atoms with E-state index in [1.54, 1.807) is 0 Å². The number of halogens is 1. The van der Waals surface area contributed by atoms with Crippen molar-refractivity contribution >= 4 is 23.3 Å². The fourth-order valence-electron chi connectivity index (χ4n) is 2.54. The number of nitrogens with one attached hydrogen (secondary N) is 1. The molecule has 2 N–H and O–H groups in total. The van der Waals surface area contributed by atoms with Gasteiger partial charge in [0.1, 0.15) is 0 Å². The summed E-state index contributed by atoms with van der Waals surface area (Å²) in [5.74, 6) is -0.324. The summed E-state index contributed by atoms with van der Waals surface area (Å²) in [5, 5.41) is 13.0. The van der Waals surface area contributed by atoms with Gasteiger partial charge in [0.05, 0.1) is 0 Å². The van der Waals surface area contributed by atoms with Crippen LogP contribution in [0.15, 0.2) is 24.3 Å². The third-order valence-electron chi connectivity index (χ3n) is 3.53. The van der Waals surface area contributed by atoms with E-state index in [1.165, 1.54) is 0 Å². The molecule has 3 nitrogen and oxygen atoms in total. The number of hydrogen-bond donors (Lipinski definition) is 2. The zero-order valence-electron chi connectivity index (χ0n) is 10.2. The third-order valence-corrected chi connectivity index (χ3v) is 3.78. The first kappa shape index (κ1) is 13.2. The number of carboxylic acids is 1. The standard InChI is InChI=1S/C14H18ClNO2/c15-11-3-7-13(8-4-11)16-12-5-1-10(2-6-12)9-14(17)18/h3-4,7-8,10,12,16H,1-2,5-6,9H2,(H,17,18). The van der Waals surface area contributed by atoms with Crippen molar-refractivity contribution in [3.05, 3.63) is 29.3 Å². The van der Waals surface area contributed by atoms with Gasteiger partial charge in [0, 0.05) is 23.2 Å². The molecule has 4 heteroatoms. The molecule has 2 rings (SSSR count). The fraction of sp³-hybridized carbons (Fsp3) is 0.500. The second-order valence-electron chi connectivity index (χ2n) is 4.97. The normalized spacial score (nSPS) is 23.6. The Hall–Kier alpha value is -1.22. The number of carbonyl (C=O) groups is 1. The van der Waals surface area contributed by atoms with Crippen molar-refractivity contribution in [1.29, 1.82) is 0 Å². The summed E-state index contributed by atoms with van der Waals surface area (Å²) in [5.41, 5.74) is 1.08. The molecular weight excluding hydrogens is 250 g/mol. The molecule has 1 fully saturated rings. The quantitative estimate of drug-likeness (QED) is 0.873. The number of benzene rings is 1. The summed E-state index contributed by atoms with van der Waals surface area (Å²) in [6.45, 7) is 0. The maximum absolute atomic E-state index is 10.6. The number of anilines is 1. The molecule has 0 amide bonds. The summed E-state index contributed by atoms with van der Waals surface area (Å²) >= 11 is 5.84. The van der Waals surface area contributed by atoms with Crippen LogP contribution in [0, 0.1) is 5.92 Å². The van der Waals surface area contributed by atoms with Crippen LogP contribution in [-0.4, -0.2) is 17.1 Å². The lowest BCUT2D eigenvalue weighted by Gasteiger charge is -2.29. The van der Waals surface area contributed by atoms with Crippen LogP contribution in [0.2, 0.25) is 5.02 Å². The molecule has 1 aromatic carbocycles. The van der Waals surface area contributed by atoms with Crippen molar-refractivity contribution in [2.75, 3.05) is 5.32 Å². The Morgan fingerprint density at radius 2 is 1.83 bits per heavy atom. The highest BCUT2D eigenvalue weighted by atomic mass is 35.5. The Labute approximate surface area is 112 Å². The van der Waals surface area contributed by atoms with Crippen molar-refractivity contribution in [3.63, 3.8) is 0 Å². The smallest absolute Gasteiger partial charge is 0.303 e. The number of rotatable bonds is 4. The van der Waals surface area contributed by atoms with Crippen LogP contribution in [-0.2, 0) is 4.79 Å². The van der Waals surface area contributed by atoms with E-state index in [9.17, 15) is 4.79 Å². The molecule has 0 saturated heterocycles. The molecule has 0 spiro atoms. The zero-order chi connectivity index (χ0) is 13.0. The first-order valence-electron chi connectivity index (χ1n) is 6.37. The highest BCUT2D eigenvalue weighted by Crippen LogP contribution is 2.28. The van der Waals surface area contributed by atoms with Gasteiger partial charge in [0.2, 0.25) is 0 Å². The molecule has 98 valence electrons. The van der Waals surface area contributed by atoms with Crippen LogP contribution in [0.4, 0.5) is 5.69 Å². The van der Waals surface area contributed by atoms with E-state index in [0.717, 1.165) is 36.4 Å². The topological polar surface area (TPSA) is 49.3 Å². The van der Waals surface area contributed by atoms with Crippen molar-refractivity contribution < 1.29 is 9.90 Å². The average Bonchev–Trinajstić information content (AvgIpc) is 2.34. The largest absolute Gasteiger partial charge is 0.481 e. The second-order valence-corrected chi connectivity index (χ2v) is 5.40. The molecule has 1 saturated carbocycles. The van der Waals surface area contributed by atoms with Gasteiger partial charge in [-0.05, 0) is 55.9 Å². The van der Waals surface area contributed by atoms with Crippen LogP contribution in [0.5, 0.6) is 0 Å². The van der Waals surface area contributed by atoms with Crippen molar-refractivity contribution in [2.24, 2.45) is 5.92 Å². The first-order chi connectivity index (χ1) is 8.63. The summed E-state index contributed by atoms with van der Waals surface area (Å²) in [6, 6.07) is 8.16. The molecule has 0 radical (unpaired) electrons. The predicted molar refractivity (Wildman–Crippen MR) is 73.1 cm³/mol. The first-order valence-corrected chi connectivity index (χ1v) is 6.75. The lowest BCUT2D eigenvalue weighted by atomic mass is 9.84. The minimum atomic E-state index is -0.677. The van der Waals surface area contributed by atoms with E-state index >= 15 is 0 Å². The van der Waals surface area contributed by atoms with Crippen LogP contribution in [0.3, 0.4) is 0 Å². The SMILES string of the molecule is O=C(O)CC1CCC(Nc2ccc(Cl)cc2)CC1. The van der Waals surface area contributed by atoms with E-state index in [2.05, 4.69) is 5.32 Å². The Bertz CT molecular complexity index is 397. The third kappa shape index (κ3) is 3.91. The Kier molecular flexibility index (Phi) is 4.48. The molecule has 1 aliphatic rings. The molecule has 1 aliphatic carbocycles. The van der Waals surface area contributed by atoms with Crippen molar-refractivity contribution in [2.45, 2.75) is 38.1 Å². The molecule has 0 heterocycles. The summed E-state index contributed by atoms with van der Waals surface area (Å²) in [4.78, 5) is 10.6. The second kappa shape index (κ2) is 6.10. The highest BCUT2D eigenvalue weighted by Gasteiger charge is 2.22. The van der Waals surface area contributed by atoms with E-state index in [4.69, 9.17) is 16.7 Å². The van der Waals surface area contributed by atoms with Crippen LogP contribution in [0.1, 0.15) is 32.1 Å². The Morgan fingerprint density at radius 3 is 2.39 bits per heavy atom. The summed E-state index contributed by atoms with van der Waals surface area (Å²) in [6.07, 6.45) is 4.39. The van der Waals surface area contributed by atoms with E-state index in [-0.39, 0.29) is 0 Å². The molecule has 1 aromatic rings. The van der Waals surface area contributed by atoms with Crippen LogP contribution >= 0.6 is 11.6 Å². The van der Waals surface area contributed by atoms with Gasteiger partial charge < -0.3 is 10.4 Å².